The summed E-state index contributed by atoms with van der Waals surface area (Å²) < 4.78 is 4.93. The van der Waals surface area contributed by atoms with E-state index in [0.29, 0.717) is 5.52 Å². The molecule has 1 heterocycles. The van der Waals surface area contributed by atoms with Crippen LogP contribution in [-0.4, -0.2) is 22.4 Å². The Morgan fingerprint density at radius 2 is 2.36 bits per heavy atom. The van der Waals surface area contributed by atoms with Crippen molar-refractivity contribution in [2.45, 2.75) is 0 Å². The number of carbonyl (C=O) groups excluding carboxylic acids is 1. The molecular formula is C9H8N2O3. The van der Waals surface area contributed by atoms with E-state index >= 15 is 0 Å². The van der Waals surface area contributed by atoms with Crippen LogP contribution in [0.4, 0.5) is 0 Å². The van der Waals surface area contributed by atoms with Crippen LogP contribution < -0.4 is 5.73 Å². The van der Waals surface area contributed by atoms with Crippen LogP contribution in [0.5, 0.6) is 5.75 Å². The third kappa shape index (κ3) is 1.14. The zero-order chi connectivity index (χ0) is 10.1. The van der Waals surface area contributed by atoms with Gasteiger partial charge >= 0.3 is 0 Å². The minimum atomic E-state index is -0.333. The van der Waals surface area contributed by atoms with E-state index in [0.717, 1.165) is 0 Å². The molecule has 2 aromatic rings. The van der Waals surface area contributed by atoms with Crippen LogP contribution in [0.15, 0.2) is 22.9 Å². The first-order chi connectivity index (χ1) is 6.74. The fourth-order valence-electron chi connectivity index (χ4n) is 1.25. The van der Waals surface area contributed by atoms with Crippen molar-refractivity contribution in [3.05, 3.63) is 24.1 Å². The lowest BCUT2D eigenvalue weighted by Crippen LogP contribution is -2.13. The van der Waals surface area contributed by atoms with Gasteiger partial charge in [-0.3, -0.25) is 4.79 Å². The molecule has 0 bridgehead atoms. The topological polar surface area (TPSA) is 89.4 Å². The van der Waals surface area contributed by atoms with Crippen LogP contribution in [0.25, 0.3) is 11.1 Å². The first-order valence-corrected chi connectivity index (χ1v) is 4.02. The third-order valence-corrected chi connectivity index (χ3v) is 1.96. The first kappa shape index (κ1) is 8.71. The monoisotopic (exact) mass is 192 g/mol. The highest BCUT2D eigenvalue weighted by molar-refractivity contribution is 6.03. The van der Waals surface area contributed by atoms with E-state index in [1.54, 1.807) is 6.07 Å². The zero-order valence-electron chi connectivity index (χ0n) is 7.23. The van der Waals surface area contributed by atoms with Gasteiger partial charge in [0.2, 0.25) is 0 Å². The van der Waals surface area contributed by atoms with Crippen molar-refractivity contribution in [3.63, 3.8) is 0 Å². The number of nitrogens with two attached hydrogens (primary N) is 1. The summed E-state index contributed by atoms with van der Waals surface area (Å²) in [4.78, 5) is 15.1. The summed E-state index contributed by atoms with van der Waals surface area (Å²) in [6, 6.07) is 3.08. The highest BCUT2D eigenvalue weighted by Crippen LogP contribution is 2.27. The molecule has 5 heteroatoms. The zero-order valence-corrected chi connectivity index (χ0v) is 7.23. The highest BCUT2D eigenvalue weighted by atomic mass is 16.4. The van der Waals surface area contributed by atoms with E-state index in [1.165, 1.54) is 12.5 Å². The van der Waals surface area contributed by atoms with E-state index in [2.05, 4.69) is 4.98 Å². The number of aromatic nitrogens is 1. The number of hydrogen-bond donors (Lipinski definition) is 2. The Bertz CT molecular complexity index is 490. The standard InChI is InChI=1S/C9H8N2O3/c10-3-7(12)5-1-2-6-9(8(5)13)14-4-11-6/h1-2,4,13H,3,10H2. The van der Waals surface area contributed by atoms with E-state index in [4.69, 9.17) is 10.2 Å². The van der Waals surface area contributed by atoms with Crippen molar-refractivity contribution < 1.29 is 14.3 Å². The van der Waals surface area contributed by atoms with E-state index in [-0.39, 0.29) is 29.2 Å². The summed E-state index contributed by atoms with van der Waals surface area (Å²) in [5.74, 6) is -0.531. The molecule has 0 radical (unpaired) electrons. The highest BCUT2D eigenvalue weighted by Gasteiger charge is 2.14. The Labute approximate surface area is 79.2 Å². The number of Topliss-reactive ketones (excluding diaryl/α,β-unsaturated/α-hetero) is 1. The number of carbonyl (C=O) groups is 1. The van der Waals surface area contributed by atoms with Crippen LogP contribution in [0.1, 0.15) is 10.4 Å². The number of benzene rings is 1. The number of phenolic OH excluding ortho intramolecular Hbond substituents is 1. The molecule has 0 aliphatic heterocycles. The first-order valence-electron chi connectivity index (χ1n) is 4.02. The molecule has 0 aliphatic rings. The minimum absolute atomic E-state index is 0.146. The minimum Gasteiger partial charge on any atom is -0.504 e. The van der Waals surface area contributed by atoms with Gasteiger partial charge in [-0.25, -0.2) is 4.98 Å². The lowest BCUT2D eigenvalue weighted by molar-refractivity contribution is 0.0999. The summed E-state index contributed by atoms with van der Waals surface area (Å²) in [6.07, 6.45) is 1.21. The van der Waals surface area contributed by atoms with Crippen LogP contribution >= 0.6 is 0 Å². The van der Waals surface area contributed by atoms with Crippen molar-refractivity contribution in [2.24, 2.45) is 5.73 Å². The summed E-state index contributed by atoms with van der Waals surface area (Å²) in [5, 5.41) is 9.63. The van der Waals surface area contributed by atoms with Crippen molar-refractivity contribution in [3.8, 4) is 5.75 Å². The summed E-state index contributed by atoms with van der Waals surface area (Å²) in [5.41, 5.74) is 6.07. The predicted octanol–water partition coefficient (Wildman–Crippen LogP) is 0.675. The van der Waals surface area contributed by atoms with Gasteiger partial charge in [-0.05, 0) is 12.1 Å². The van der Waals surface area contributed by atoms with Crippen molar-refractivity contribution in [1.82, 2.24) is 4.98 Å². The molecule has 0 unspecified atom stereocenters. The molecule has 0 saturated heterocycles. The molecule has 2 rings (SSSR count). The van der Waals surface area contributed by atoms with E-state index in [9.17, 15) is 9.90 Å². The molecule has 1 aromatic carbocycles. The van der Waals surface area contributed by atoms with Gasteiger partial charge in [0, 0.05) is 0 Å². The fourth-order valence-corrected chi connectivity index (χ4v) is 1.25. The number of fused-ring (bicyclic) bond motifs is 1. The Kier molecular flexibility index (Phi) is 1.94. The maximum absolute atomic E-state index is 11.3. The fraction of sp³-hybridized carbons (Fsp3) is 0.111. The third-order valence-electron chi connectivity index (χ3n) is 1.96. The number of hydrogen-bond acceptors (Lipinski definition) is 5. The van der Waals surface area contributed by atoms with Crippen LogP contribution in [0.3, 0.4) is 0 Å². The van der Waals surface area contributed by atoms with Gasteiger partial charge < -0.3 is 15.3 Å². The second kappa shape index (κ2) is 3.12. The summed E-state index contributed by atoms with van der Waals surface area (Å²) in [6.45, 7) is -0.146. The van der Waals surface area contributed by atoms with Crippen molar-refractivity contribution in [2.75, 3.05) is 6.54 Å². The summed E-state index contributed by atoms with van der Waals surface area (Å²) in [7, 11) is 0. The summed E-state index contributed by atoms with van der Waals surface area (Å²) >= 11 is 0. The van der Waals surface area contributed by atoms with Gasteiger partial charge in [-0.2, -0.15) is 0 Å². The average Bonchev–Trinajstić information content (AvgIpc) is 2.66. The second-order valence-electron chi connectivity index (χ2n) is 2.79. The van der Waals surface area contributed by atoms with Gasteiger partial charge in [0.05, 0.1) is 12.1 Å². The van der Waals surface area contributed by atoms with Crippen LogP contribution in [0.2, 0.25) is 0 Å². The largest absolute Gasteiger partial charge is 0.504 e. The molecule has 0 saturated carbocycles. The molecule has 3 N–H and O–H groups in total. The van der Waals surface area contributed by atoms with Gasteiger partial charge in [0.15, 0.2) is 23.5 Å². The van der Waals surface area contributed by atoms with E-state index < -0.39 is 0 Å². The number of nitrogens with zero attached hydrogens (tertiary/aromatic N) is 1. The number of oxazole rings is 1. The molecule has 1 aromatic heterocycles. The Morgan fingerprint density at radius 3 is 3.07 bits per heavy atom. The number of ketones is 1. The van der Waals surface area contributed by atoms with Crippen molar-refractivity contribution in [1.29, 1.82) is 0 Å². The molecular weight excluding hydrogens is 184 g/mol. The Balaban J connectivity index is 2.67. The molecule has 0 spiro atoms. The van der Waals surface area contributed by atoms with Crippen LogP contribution in [0, 0.1) is 0 Å². The SMILES string of the molecule is NCC(=O)c1ccc2ncoc2c1O. The molecule has 72 valence electrons. The normalized spacial score (nSPS) is 10.6. The quantitative estimate of drug-likeness (QED) is 0.682. The number of phenols is 1. The van der Waals surface area contributed by atoms with Gasteiger partial charge in [0.1, 0.15) is 5.52 Å². The smallest absolute Gasteiger partial charge is 0.196 e. The number of aromatic hydroxyl groups is 1. The molecule has 0 amide bonds. The number of rotatable bonds is 2. The van der Waals surface area contributed by atoms with Gasteiger partial charge in [0.25, 0.3) is 0 Å². The van der Waals surface area contributed by atoms with Crippen molar-refractivity contribution >= 4 is 16.9 Å². The van der Waals surface area contributed by atoms with Crippen LogP contribution in [-0.2, 0) is 0 Å². The molecule has 14 heavy (non-hydrogen) atoms. The lowest BCUT2D eigenvalue weighted by atomic mass is 10.1. The average molecular weight is 192 g/mol. The predicted molar refractivity (Wildman–Crippen MR) is 49.1 cm³/mol. The Hall–Kier alpha value is -1.88. The maximum atomic E-state index is 11.3. The lowest BCUT2D eigenvalue weighted by Gasteiger charge is -2.00. The van der Waals surface area contributed by atoms with Gasteiger partial charge in [-0.1, -0.05) is 0 Å². The maximum Gasteiger partial charge on any atom is 0.196 e. The molecule has 0 aliphatic carbocycles. The Morgan fingerprint density at radius 1 is 1.57 bits per heavy atom. The molecule has 0 fully saturated rings. The van der Waals surface area contributed by atoms with E-state index in [1.807, 2.05) is 0 Å². The molecule has 5 nitrogen and oxygen atoms in total. The van der Waals surface area contributed by atoms with Gasteiger partial charge in [-0.15, -0.1) is 0 Å². The molecule has 0 atom stereocenters. The second-order valence-corrected chi connectivity index (χ2v) is 2.79.